The van der Waals surface area contributed by atoms with E-state index < -0.39 is 12.2 Å². The van der Waals surface area contributed by atoms with Crippen LogP contribution in [0.5, 0.6) is 5.75 Å². The van der Waals surface area contributed by atoms with Crippen molar-refractivity contribution in [3.63, 3.8) is 0 Å². The molecular weight excluding hydrogens is 286 g/mol. The van der Waals surface area contributed by atoms with E-state index in [1.165, 1.54) is 0 Å². The number of hydrogen-bond acceptors (Lipinski definition) is 5. The number of rotatable bonds is 5. The van der Waals surface area contributed by atoms with E-state index in [1.54, 1.807) is 11.8 Å². The zero-order chi connectivity index (χ0) is 15.5. The van der Waals surface area contributed by atoms with E-state index in [0.29, 0.717) is 6.54 Å². The second kappa shape index (κ2) is 7.01. The fourth-order valence-electron chi connectivity index (χ4n) is 2.16. The zero-order valence-electron chi connectivity index (χ0n) is 12.9. The van der Waals surface area contributed by atoms with E-state index in [2.05, 4.69) is 26.1 Å². The topological polar surface area (TPSA) is 61.7 Å². The highest BCUT2D eigenvalue weighted by molar-refractivity contribution is 7.99. The predicted molar refractivity (Wildman–Crippen MR) is 86.0 cm³/mol. The minimum atomic E-state index is -0.557. The molecule has 5 heteroatoms. The molecule has 1 heterocycles. The van der Waals surface area contributed by atoms with Gasteiger partial charge in [0.2, 0.25) is 0 Å². The van der Waals surface area contributed by atoms with Crippen LogP contribution in [-0.2, 0) is 0 Å². The summed E-state index contributed by atoms with van der Waals surface area (Å²) in [6.07, 6.45) is -0.185. The average molecular weight is 311 g/mol. The van der Waals surface area contributed by atoms with E-state index in [-0.39, 0.29) is 12.1 Å². The second-order valence-electron chi connectivity index (χ2n) is 6.42. The molecule has 4 nitrogen and oxygen atoms in total. The molecule has 0 bridgehead atoms. The largest absolute Gasteiger partial charge is 0.490 e. The van der Waals surface area contributed by atoms with Gasteiger partial charge >= 0.3 is 0 Å². The lowest BCUT2D eigenvalue weighted by molar-refractivity contribution is 0.0979. The molecule has 2 rings (SSSR count). The van der Waals surface area contributed by atoms with Crippen molar-refractivity contribution in [1.29, 1.82) is 0 Å². The quantitative estimate of drug-likeness (QED) is 0.779. The van der Waals surface area contributed by atoms with Crippen molar-refractivity contribution in [2.75, 3.05) is 18.9 Å². The van der Waals surface area contributed by atoms with Gasteiger partial charge in [0.15, 0.2) is 0 Å². The second-order valence-corrected chi connectivity index (χ2v) is 7.53. The maximum atomic E-state index is 10.0. The first kappa shape index (κ1) is 16.6. The molecule has 0 radical (unpaired) electrons. The molecule has 21 heavy (non-hydrogen) atoms. The number of nitrogens with one attached hydrogen (secondary N) is 1. The molecule has 0 amide bonds. The molecule has 118 valence electrons. The van der Waals surface area contributed by atoms with Gasteiger partial charge in [-0.05, 0) is 38.8 Å². The van der Waals surface area contributed by atoms with Gasteiger partial charge in [0.1, 0.15) is 18.5 Å². The Kier molecular flexibility index (Phi) is 5.54. The summed E-state index contributed by atoms with van der Waals surface area (Å²) in [6, 6.07) is 5.73. The van der Waals surface area contributed by atoms with Crippen molar-refractivity contribution < 1.29 is 14.9 Å². The Hall–Kier alpha value is -0.750. The van der Waals surface area contributed by atoms with Gasteiger partial charge in [-0.25, -0.2) is 0 Å². The third-order valence-corrected chi connectivity index (χ3v) is 4.47. The minimum absolute atomic E-state index is 0.0210. The van der Waals surface area contributed by atoms with Crippen LogP contribution in [0.2, 0.25) is 0 Å². The van der Waals surface area contributed by atoms with Gasteiger partial charge in [-0.3, -0.25) is 0 Å². The number of benzene rings is 1. The summed E-state index contributed by atoms with van der Waals surface area (Å²) in [5.41, 5.74) is 0.915. The smallest absolute Gasteiger partial charge is 0.133 e. The molecule has 3 N–H and O–H groups in total. The average Bonchev–Trinajstić information content (AvgIpc) is 2.42. The van der Waals surface area contributed by atoms with Gasteiger partial charge in [-0.15, -0.1) is 11.8 Å². The lowest BCUT2D eigenvalue weighted by Gasteiger charge is -2.25. The molecule has 0 spiro atoms. The number of thioether (sulfide) groups is 1. The molecule has 0 saturated carbocycles. The molecule has 1 aliphatic heterocycles. The fourth-order valence-corrected chi connectivity index (χ4v) is 3.35. The summed E-state index contributed by atoms with van der Waals surface area (Å²) in [5.74, 6) is 1.65. The van der Waals surface area contributed by atoms with Crippen molar-refractivity contribution in [1.82, 2.24) is 5.32 Å². The standard InChI is InChI=1S/C16H25NO3S/c1-16(2,3)17-9-11(18)10-20-14-6-4-5-12-13(19)7-8-21-15(12)14/h4-6,11,13,17-19H,7-10H2,1-3H3/t11-,13?/m0/s1. The van der Waals surface area contributed by atoms with Gasteiger partial charge in [0, 0.05) is 17.8 Å². The fraction of sp³-hybridized carbons (Fsp3) is 0.625. The third kappa shape index (κ3) is 4.88. The molecule has 2 atom stereocenters. The van der Waals surface area contributed by atoms with Crippen molar-refractivity contribution in [3.8, 4) is 5.75 Å². The van der Waals surface area contributed by atoms with Gasteiger partial charge in [-0.1, -0.05) is 12.1 Å². The van der Waals surface area contributed by atoms with E-state index in [4.69, 9.17) is 4.74 Å². The number of aliphatic hydroxyl groups is 2. The summed E-state index contributed by atoms with van der Waals surface area (Å²) in [6.45, 7) is 6.93. The third-order valence-electron chi connectivity index (χ3n) is 3.31. The van der Waals surface area contributed by atoms with E-state index in [0.717, 1.165) is 28.4 Å². The number of ether oxygens (including phenoxy) is 1. The SMILES string of the molecule is CC(C)(C)NC[C@H](O)COc1cccc2c1SCCC2O. The first-order chi connectivity index (χ1) is 9.87. The van der Waals surface area contributed by atoms with Crippen molar-refractivity contribution >= 4 is 11.8 Å². The van der Waals surface area contributed by atoms with E-state index >= 15 is 0 Å². The van der Waals surface area contributed by atoms with Crippen LogP contribution in [0.15, 0.2) is 23.1 Å². The predicted octanol–water partition coefficient (Wildman–Crippen LogP) is 2.34. The van der Waals surface area contributed by atoms with Crippen LogP contribution in [0.4, 0.5) is 0 Å². The summed E-state index contributed by atoms with van der Waals surface area (Å²) in [5, 5.41) is 23.2. The first-order valence-corrected chi connectivity index (χ1v) is 8.35. The Balaban J connectivity index is 1.93. The summed E-state index contributed by atoms with van der Waals surface area (Å²) in [7, 11) is 0. The normalized spacial score (nSPS) is 20.0. The maximum absolute atomic E-state index is 10.0. The first-order valence-electron chi connectivity index (χ1n) is 7.36. The lowest BCUT2D eigenvalue weighted by atomic mass is 10.1. The molecule has 0 aliphatic carbocycles. The van der Waals surface area contributed by atoms with Crippen molar-refractivity contribution in [2.45, 2.75) is 49.8 Å². The van der Waals surface area contributed by atoms with Crippen LogP contribution in [0.25, 0.3) is 0 Å². The van der Waals surface area contributed by atoms with E-state index in [9.17, 15) is 10.2 Å². The molecule has 1 aromatic carbocycles. The number of hydrogen-bond donors (Lipinski definition) is 3. The van der Waals surface area contributed by atoms with Crippen molar-refractivity contribution in [2.24, 2.45) is 0 Å². The van der Waals surface area contributed by atoms with Crippen LogP contribution in [0, 0.1) is 0 Å². The van der Waals surface area contributed by atoms with E-state index in [1.807, 2.05) is 18.2 Å². The summed E-state index contributed by atoms with van der Waals surface area (Å²) in [4.78, 5) is 1.01. The molecular formula is C16H25NO3S. The van der Waals surface area contributed by atoms with Crippen LogP contribution < -0.4 is 10.1 Å². The Morgan fingerprint density at radius 3 is 2.90 bits per heavy atom. The lowest BCUT2D eigenvalue weighted by Crippen LogP contribution is -2.42. The zero-order valence-corrected chi connectivity index (χ0v) is 13.7. The molecule has 1 unspecified atom stereocenters. The number of fused-ring (bicyclic) bond motifs is 1. The summed E-state index contributed by atoms with van der Waals surface area (Å²) >= 11 is 1.71. The van der Waals surface area contributed by atoms with Crippen LogP contribution in [-0.4, -0.2) is 40.8 Å². The maximum Gasteiger partial charge on any atom is 0.133 e. The Labute approximate surface area is 130 Å². The monoisotopic (exact) mass is 311 g/mol. The molecule has 0 fully saturated rings. The summed E-state index contributed by atoms with van der Waals surface area (Å²) < 4.78 is 5.76. The minimum Gasteiger partial charge on any atom is -0.490 e. The Morgan fingerprint density at radius 1 is 1.43 bits per heavy atom. The highest BCUT2D eigenvalue weighted by atomic mass is 32.2. The molecule has 1 aromatic rings. The van der Waals surface area contributed by atoms with Gasteiger partial charge in [-0.2, -0.15) is 0 Å². The molecule has 0 saturated heterocycles. The van der Waals surface area contributed by atoms with Gasteiger partial charge in [0.05, 0.1) is 11.0 Å². The van der Waals surface area contributed by atoms with Crippen LogP contribution in [0.3, 0.4) is 0 Å². The molecule has 0 aromatic heterocycles. The van der Waals surface area contributed by atoms with Crippen molar-refractivity contribution in [3.05, 3.63) is 23.8 Å². The number of aliphatic hydroxyl groups excluding tert-OH is 2. The highest BCUT2D eigenvalue weighted by Gasteiger charge is 2.22. The molecule has 1 aliphatic rings. The number of β-amino-alcohol motifs (C(OH)–C–C–N with tert-alkyl or cyclic N) is 1. The van der Waals surface area contributed by atoms with Crippen LogP contribution >= 0.6 is 11.8 Å². The van der Waals surface area contributed by atoms with Crippen LogP contribution in [0.1, 0.15) is 38.9 Å². The Bertz CT molecular complexity index is 473. The Morgan fingerprint density at radius 2 is 2.19 bits per heavy atom. The highest BCUT2D eigenvalue weighted by Crippen LogP contribution is 2.41. The van der Waals surface area contributed by atoms with Gasteiger partial charge in [0.25, 0.3) is 0 Å². The van der Waals surface area contributed by atoms with Gasteiger partial charge < -0.3 is 20.3 Å².